The van der Waals surface area contributed by atoms with Crippen LogP contribution < -0.4 is 5.32 Å². The predicted octanol–water partition coefficient (Wildman–Crippen LogP) is 3.51. The standard InChI is InChI=1S/C15H19ClN2O3/c1-10-6-7-11(16)12(9-10)17-15(21)18-8-4-2-3-5-13(18)14(19)20/h6-7,9,13H,2-5,8H2,1H3,(H,17,21)(H,19,20). The topological polar surface area (TPSA) is 69.6 Å². The molecule has 0 spiro atoms. The first-order valence-electron chi connectivity index (χ1n) is 7.05. The Morgan fingerprint density at radius 3 is 2.81 bits per heavy atom. The van der Waals surface area contributed by atoms with Crippen molar-refractivity contribution in [3.63, 3.8) is 0 Å². The minimum Gasteiger partial charge on any atom is -0.480 e. The van der Waals surface area contributed by atoms with Gasteiger partial charge in [-0.1, -0.05) is 30.5 Å². The van der Waals surface area contributed by atoms with E-state index in [4.69, 9.17) is 11.6 Å². The van der Waals surface area contributed by atoms with Gasteiger partial charge >= 0.3 is 12.0 Å². The smallest absolute Gasteiger partial charge is 0.326 e. The van der Waals surface area contributed by atoms with Crippen LogP contribution in [0.1, 0.15) is 31.2 Å². The molecule has 1 aliphatic rings. The van der Waals surface area contributed by atoms with Crippen LogP contribution in [0.3, 0.4) is 0 Å². The first-order chi connectivity index (χ1) is 9.99. The molecule has 1 heterocycles. The molecule has 21 heavy (non-hydrogen) atoms. The van der Waals surface area contributed by atoms with Crippen molar-refractivity contribution in [2.75, 3.05) is 11.9 Å². The zero-order chi connectivity index (χ0) is 15.4. The summed E-state index contributed by atoms with van der Waals surface area (Å²) in [5, 5.41) is 12.5. The summed E-state index contributed by atoms with van der Waals surface area (Å²) in [6.45, 7) is 2.35. The SMILES string of the molecule is Cc1ccc(Cl)c(NC(=O)N2CCCCCC2C(=O)O)c1. The van der Waals surface area contributed by atoms with Gasteiger partial charge in [-0.15, -0.1) is 0 Å². The molecule has 1 fully saturated rings. The van der Waals surface area contributed by atoms with E-state index in [2.05, 4.69) is 5.32 Å². The molecule has 0 radical (unpaired) electrons. The molecule has 0 aliphatic carbocycles. The monoisotopic (exact) mass is 310 g/mol. The average molecular weight is 311 g/mol. The molecule has 0 saturated carbocycles. The van der Waals surface area contributed by atoms with Crippen molar-refractivity contribution in [3.8, 4) is 0 Å². The lowest BCUT2D eigenvalue weighted by Gasteiger charge is -2.27. The number of carbonyl (C=O) groups is 2. The minimum absolute atomic E-state index is 0.406. The fourth-order valence-corrected chi connectivity index (χ4v) is 2.69. The average Bonchev–Trinajstić information content (AvgIpc) is 2.68. The van der Waals surface area contributed by atoms with Crippen LogP contribution in [-0.4, -0.2) is 34.6 Å². The Bertz CT molecular complexity index is 548. The molecule has 114 valence electrons. The van der Waals surface area contributed by atoms with Crippen LogP contribution >= 0.6 is 11.6 Å². The highest BCUT2D eigenvalue weighted by Gasteiger charge is 2.30. The number of halogens is 1. The molecule has 0 aromatic heterocycles. The summed E-state index contributed by atoms with van der Waals surface area (Å²) in [6, 6.07) is 4.16. The number of carboxylic acid groups (broad SMARTS) is 1. The van der Waals surface area contributed by atoms with Crippen LogP contribution in [0.15, 0.2) is 18.2 Å². The van der Waals surface area contributed by atoms with Crippen LogP contribution in [-0.2, 0) is 4.79 Å². The zero-order valence-electron chi connectivity index (χ0n) is 11.9. The van der Waals surface area contributed by atoms with Crippen LogP contribution in [0.25, 0.3) is 0 Å². The molecule has 0 bridgehead atoms. The lowest BCUT2D eigenvalue weighted by molar-refractivity contribution is -0.142. The largest absolute Gasteiger partial charge is 0.480 e. The number of urea groups is 1. The number of anilines is 1. The molecular formula is C15H19ClN2O3. The van der Waals surface area contributed by atoms with E-state index >= 15 is 0 Å². The Balaban J connectivity index is 2.16. The quantitative estimate of drug-likeness (QED) is 0.878. The highest BCUT2D eigenvalue weighted by atomic mass is 35.5. The van der Waals surface area contributed by atoms with E-state index in [9.17, 15) is 14.7 Å². The van der Waals surface area contributed by atoms with E-state index in [0.717, 1.165) is 24.8 Å². The molecule has 1 aromatic rings. The molecule has 5 nitrogen and oxygen atoms in total. The van der Waals surface area contributed by atoms with Crippen molar-refractivity contribution < 1.29 is 14.7 Å². The third-order valence-corrected chi connectivity index (χ3v) is 3.99. The van der Waals surface area contributed by atoms with Gasteiger partial charge in [0.1, 0.15) is 6.04 Å². The van der Waals surface area contributed by atoms with E-state index in [1.54, 1.807) is 12.1 Å². The maximum absolute atomic E-state index is 12.4. The molecule has 1 atom stereocenters. The van der Waals surface area contributed by atoms with Crippen molar-refractivity contribution in [2.24, 2.45) is 0 Å². The van der Waals surface area contributed by atoms with Crippen LogP contribution in [0.5, 0.6) is 0 Å². The summed E-state index contributed by atoms with van der Waals surface area (Å²) in [5.41, 5.74) is 1.48. The fraction of sp³-hybridized carbons (Fsp3) is 0.467. The Morgan fingerprint density at radius 1 is 1.33 bits per heavy atom. The summed E-state index contributed by atoms with van der Waals surface area (Å²) in [5.74, 6) is -0.956. The van der Waals surface area contributed by atoms with E-state index < -0.39 is 18.0 Å². The van der Waals surface area contributed by atoms with Gasteiger partial charge in [-0.25, -0.2) is 9.59 Å². The number of aryl methyl sites for hydroxylation is 1. The molecule has 1 saturated heterocycles. The number of carboxylic acids is 1. The van der Waals surface area contributed by atoms with E-state index in [1.807, 2.05) is 13.0 Å². The summed E-state index contributed by atoms with van der Waals surface area (Å²) < 4.78 is 0. The number of nitrogens with zero attached hydrogens (tertiary/aromatic N) is 1. The summed E-state index contributed by atoms with van der Waals surface area (Å²) in [7, 11) is 0. The molecule has 2 N–H and O–H groups in total. The number of benzene rings is 1. The number of aliphatic carboxylic acids is 1. The zero-order valence-corrected chi connectivity index (χ0v) is 12.7. The molecule has 1 aromatic carbocycles. The molecule has 2 amide bonds. The van der Waals surface area contributed by atoms with Crippen molar-refractivity contribution in [2.45, 2.75) is 38.6 Å². The third kappa shape index (κ3) is 3.88. The first-order valence-corrected chi connectivity index (χ1v) is 7.43. The van der Waals surface area contributed by atoms with Gasteiger partial charge in [-0.05, 0) is 37.5 Å². The van der Waals surface area contributed by atoms with E-state index in [-0.39, 0.29) is 0 Å². The summed E-state index contributed by atoms with van der Waals surface area (Å²) >= 11 is 6.06. The van der Waals surface area contributed by atoms with Crippen molar-refractivity contribution in [3.05, 3.63) is 28.8 Å². The molecule has 1 unspecified atom stereocenters. The maximum Gasteiger partial charge on any atom is 0.326 e. The predicted molar refractivity (Wildman–Crippen MR) is 81.8 cm³/mol. The van der Waals surface area contributed by atoms with E-state index in [0.29, 0.717) is 23.7 Å². The van der Waals surface area contributed by atoms with Gasteiger partial charge in [0.2, 0.25) is 0 Å². The Kier molecular flexibility index (Phi) is 5.07. The van der Waals surface area contributed by atoms with Gasteiger partial charge in [-0.3, -0.25) is 0 Å². The van der Waals surface area contributed by atoms with Gasteiger partial charge < -0.3 is 15.3 Å². The number of nitrogens with one attached hydrogen (secondary N) is 1. The highest BCUT2D eigenvalue weighted by molar-refractivity contribution is 6.33. The number of hydrogen-bond donors (Lipinski definition) is 2. The third-order valence-electron chi connectivity index (χ3n) is 3.66. The van der Waals surface area contributed by atoms with Crippen molar-refractivity contribution in [1.82, 2.24) is 4.90 Å². The van der Waals surface area contributed by atoms with Crippen LogP contribution in [0.4, 0.5) is 10.5 Å². The highest BCUT2D eigenvalue weighted by Crippen LogP contribution is 2.24. The second-order valence-electron chi connectivity index (χ2n) is 5.31. The number of amides is 2. The van der Waals surface area contributed by atoms with Gasteiger partial charge in [0.05, 0.1) is 10.7 Å². The summed E-state index contributed by atoms with van der Waals surface area (Å²) in [4.78, 5) is 25.1. The Hall–Kier alpha value is -1.75. The summed E-state index contributed by atoms with van der Waals surface area (Å²) in [6.07, 6.45) is 3.08. The Morgan fingerprint density at radius 2 is 2.10 bits per heavy atom. The molecule has 1 aliphatic heterocycles. The van der Waals surface area contributed by atoms with Crippen LogP contribution in [0, 0.1) is 6.92 Å². The molecular weight excluding hydrogens is 292 g/mol. The normalized spacial score (nSPS) is 19.0. The number of likely N-dealkylation sites (tertiary alicyclic amines) is 1. The van der Waals surface area contributed by atoms with E-state index in [1.165, 1.54) is 4.90 Å². The van der Waals surface area contributed by atoms with Crippen molar-refractivity contribution >= 4 is 29.3 Å². The van der Waals surface area contributed by atoms with Gasteiger partial charge in [0.25, 0.3) is 0 Å². The van der Waals surface area contributed by atoms with Crippen LogP contribution in [0.2, 0.25) is 5.02 Å². The molecule has 6 heteroatoms. The maximum atomic E-state index is 12.4. The van der Waals surface area contributed by atoms with Gasteiger partial charge in [-0.2, -0.15) is 0 Å². The Labute approximate surface area is 128 Å². The lowest BCUT2D eigenvalue weighted by Crippen LogP contribution is -2.46. The van der Waals surface area contributed by atoms with Crippen molar-refractivity contribution in [1.29, 1.82) is 0 Å². The fourth-order valence-electron chi connectivity index (χ4n) is 2.53. The number of carbonyl (C=O) groups excluding carboxylic acids is 1. The molecule has 2 rings (SSSR count). The lowest BCUT2D eigenvalue weighted by atomic mass is 10.1. The first kappa shape index (κ1) is 15.6. The minimum atomic E-state index is -0.956. The second kappa shape index (κ2) is 6.80. The second-order valence-corrected chi connectivity index (χ2v) is 5.72. The van der Waals surface area contributed by atoms with Gasteiger partial charge in [0, 0.05) is 6.54 Å². The van der Waals surface area contributed by atoms with Gasteiger partial charge in [0.15, 0.2) is 0 Å². The number of hydrogen-bond acceptors (Lipinski definition) is 2. The number of rotatable bonds is 2.